The number of hydrogen-bond donors (Lipinski definition) is 1. The van der Waals surface area contributed by atoms with Crippen molar-refractivity contribution in [3.05, 3.63) is 111 Å². The van der Waals surface area contributed by atoms with Crippen LogP contribution in [0.4, 0.5) is 16.2 Å². The lowest BCUT2D eigenvalue weighted by Gasteiger charge is -2.26. The van der Waals surface area contributed by atoms with E-state index in [4.69, 9.17) is 9.47 Å². The number of ether oxygens (including phenoxy) is 2. The van der Waals surface area contributed by atoms with Gasteiger partial charge >= 0.3 is 6.03 Å². The first-order valence-corrected chi connectivity index (χ1v) is 11.9. The summed E-state index contributed by atoms with van der Waals surface area (Å²) in [6, 6.07) is 15.2. The quantitative estimate of drug-likeness (QED) is 0.138. The lowest BCUT2D eigenvalue weighted by atomic mass is 10.0. The number of nitrogens with zero attached hydrogens (tertiary/aromatic N) is 2. The SMILES string of the molecule is C=CCc1cc(/C=C2\C(=O)NC(=O)N(c3ccc([N+](=O)[O-])cc3)C2=O)cc(OC)c1OCc1ccc(C)cc1. The van der Waals surface area contributed by atoms with Crippen molar-refractivity contribution in [3.63, 3.8) is 0 Å². The molecule has 39 heavy (non-hydrogen) atoms. The first kappa shape index (κ1) is 26.8. The standard InChI is InChI=1S/C29H25N3O7/c1-4-5-21-14-20(16-25(38-3)26(21)39-17-19-8-6-18(2)7-9-19)15-24-27(33)30-29(35)31(28(24)34)22-10-12-23(13-11-22)32(36)37/h4,6-16H,1,5,17H2,2-3H3,(H,30,33,35)/b24-15+. The zero-order valence-corrected chi connectivity index (χ0v) is 21.3. The van der Waals surface area contributed by atoms with Gasteiger partial charge in [0.15, 0.2) is 11.5 Å². The van der Waals surface area contributed by atoms with Gasteiger partial charge in [0.1, 0.15) is 12.2 Å². The molecule has 1 fully saturated rings. The van der Waals surface area contributed by atoms with Crippen molar-refractivity contribution in [2.24, 2.45) is 0 Å². The predicted molar refractivity (Wildman–Crippen MR) is 145 cm³/mol. The number of nitro benzene ring substituents is 1. The molecule has 3 aromatic carbocycles. The first-order chi connectivity index (χ1) is 18.7. The first-order valence-electron chi connectivity index (χ1n) is 11.9. The third-order valence-electron chi connectivity index (χ3n) is 5.97. The van der Waals surface area contributed by atoms with Crippen LogP contribution in [0.25, 0.3) is 6.08 Å². The molecular weight excluding hydrogens is 502 g/mol. The number of benzene rings is 3. The Hall–Kier alpha value is -5.25. The number of nitro groups is 1. The Morgan fingerprint density at radius 3 is 2.36 bits per heavy atom. The number of allylic oxidation sites excluding steroid dienone is 1. The maximum absolute atomic E-state index is 13.3. The smallest absolute Gasteiger partial charge is 0.335 e. The van der Waals surface area contributed by atoms with Crippen LogP contribution < -0.4 is 19.7 Å². The second-order valence-corrected chi connectivity index (χ2v) is 8.71. The molecule has 4 rings (SSSR count). The Morgan fingerprint density at radius 2 is 1.74 bits per heavy atom. The van der Waals surface area contributed by atoms with E-state index in [9.17, 15) is 24.5 Å². The molecule has 0 saturated carbocycles. The van der Waals surface area contributed by atoms with Crippen LogP contribution in [0.5, 0.6) is 11.5 Å². The number of urea groups is 1. The van der Waals surface area contributed by atoms with Gasteiger partial charge in [-0.25, -0.2) is 9.69 Å². The van der Waals surface area contributed by atoms with Gasteiger partial charge in [-0.3, -0.25) is 25.0 Å². The van der Waals surface area contributed by atoms with Crippen LogP contribution in [0.2, 0.25) is 0 Å². The third-order valence-corrected chi connectivity index (χ3v) is 5.97. The van der Waals surface area contributed by atoms with Crippen molar-refractivity contribution in [3.8, 4) is 11.5 Å². The number of nitrogens with one attached hydrogen (secondary N) is 1. The van der Waals surface area contributed by atoms with Crippen LogP contribution in [0.15, 0.2) is 78.9 Å². The maximum Gasteiger partial charge on any atom is 0.335 e. The Kier molecular flexibility index (Phi) is 7.85. The van der Waals surface area contributed by atoms with Crippen molar-refractivity contribution in [2.75, 3.05) is 12.0 Å². The van der Waals surface area contributed by atoms with Gasteiger partial charge in [-0.15, -0.1) is 6.58 Å². The third kappa shape index (κ3) is 5.85. The molecule has 10 nitrogen and oxygen atoms in total. The van der Waals surface area contributed by atoms with Crippen molar-refractivity contribution >= 4 is 35.3 Å². The molecule has 3 aromatic rings. The van der Waals surface area contributed by atoms with E-state index in [0.717, 1.165) is 33.7 Å². The Labute approximate surface area is 224 Å². The number of carbonyl (C=O) groups is 3. The zero-order chi connectivity index (χ0) is 28.1. The molecule has 0 spiro atoms. The van der Waals surface area contributed by atoms with Crippen LogP contribution >= 0.6 is 0 Å². The summed E-state index contributed by atoms with van der Waals surface area (Å²) in [6.07, 6.45) is 3.46. The van der Waals surface area contributed by atoms with Gasteiger partial charge in [-0.1, -0.05) is 35.9 Å². The number of amides is 4. The number of imide groups is 2. The van der Waals surface area contributed by atoms with E-state index >= 15 is 0 Å². The molecule has 1 N–H and O–H groups in total. The second kappa shape index (κ2) is 11.4. The predicted octanol–water partition coefficient (Wildman–Crippen LogP) is 4.89. The molecular formula is C29H25N3O7. The fourth-order valence-corrected chi connectivity index (χ4v) is 4.01. The van der Waals surface area contributed by atoms with Crippen molar-refractivity contribution in [2.45, 2.75) is 20.0 Å². The number of barbiturate groups is 1. The maximum atomic E-state index is 13.3. The number of non-ortho nitro benzene ring substituents is 1. The fourth-order valence-electron chi connectivity index (χ4n) is 4.01. The molecule has 4 amide bonds. The summed E-state index contributed by atoms with van der Waals surface area (Å²) in [4.78, 5) is 49.5. The summed E-state index contributed by atoms with van der Waals surface area (Å²) < 4.78 is 11.7. The van der Waals surface area contributed by atoms with E-state index in [2.05, 4.69) is 11.9 Å². The molecule has 1 heterocycles. The molecule has 1 saturated heterocycles. The zero-order valence-electron chi connectivity index (χ0n) is 21.3. The van der Waals surface area contributed by atoms with Gasteiger partial charge < -0.3 is 9.47 Å². The highest BCUT2D eigenvalue weighted by Crippen LogP contribution is 2.35. The summed E-state index contributed by atoms with van der Waals surface area (Å²) in [5, 5.41) is 13.1. The summed E-state index contributed by atoms with van der Waals surface area (Å²) in [5.41, 5.74) is 2.86. The minimum absolute atomic E-state index is 0.0753. The highest BCUT2D eigenvalue weighted by Gasteiger charge is 2.37. The molecule has 0 atom stereocenters. The largest absolute Gasteiger partial charge is 0.493 e. The molecule has 198 valence electrons. The van der Waals surface area contributed by atoms with Crippen LogP contribution in [-0.2, 0) is 22.6 Å². The highest BCUT2D eigenvalue weighted by molar-refractivity contribution is 6.39. The monoisotopic (exact) mass is 527 g/mol. The highest BCUT2D eigenvalue weighted by atomic mass is 16.6. The van der Waals surface area contributed by atoms with Crippen molar-refractivity contribution in [1.82, 2.24) is 5.32 Å². The molecule has 0 bridgehead atoms. The van der Waals surface area contributed by atoms with E-state index < -0.39 is 22.8 Å². The van der Waals surface area contributed by atoms with Gasteiger partial charge in [-0.2, -0.15) is 0 Å². The number of anilines is 1. The number of aryl methyl sites for hydroxylation is 1. The molecule has 0 radical (unpaired) electrons. The van der Waals surface area contributed by atoms with Gasteiger partial charge in [0, 0.05) is 17.7 Å². The van der Waals surface area contributed by atoms with Crippen LogP contribution in [0.1, 0.15) is 22.3 Å². The van der Waals surface area contributed by atoms with Gasteiger partial charge in [0.25, 0.3) is 17.5 Å². The van der Waals surface area contributed by atoms with E-state index in [0.29, 0.717) is 30.1 Å². The fraction of sp³-hybridized carbons (Fsp3) is 0.138. The Morgan fingerprint density at radius 1 is 1.05 bits per heavy atom. The number of methoxy groups -OCH3 is 1. The average Bonchev–Trinajstić information content (AvgIpc) is 2.91. The molecule has 1 aliphatic heterocycles. The van der Waals surface area contributed by atoms with Gasteiger partial charge in [0.2, 0.25) is 0 Å². The van der Waals surface area contributed by atoms with Crippen molar-refractivity contribution in [1.29, 1.82) is 0 Å². The molecule has 0 aromatic heterocycles. The van der Waals surface area contributed by atoms with E-state index in [1.165, 1.54) is 25.3 Å². The topological polar surface area (TPSA) is 128 Å². The lowest BCUT2D eigenvalue weighted by molar-refractivity contribution is -0.384. The molecule has 1 aliphatic rings. The minimum Gasteiger partial charge on any atom is -0.493 e. The number of hydrogen-bond acceptors (Lipinski definition) is 7. The van der Waals surface area contributed by atoms with E-state index in [1.54, 1.807) is 18.2 Å². The van der Waals surface area contributed by atoms with Crippen LogP contribution in [0, 0.1) is 17.0 Å². The number of rotatable bonds is 9. The van der Waals surface area contributed by atoms with Gasteiger partial charge in [0.05, 0.1) is 17.7 Å². The second-order valence-electron chi connectivity index (χ2n) is 8.71. The summed E-state index contributed by atoms with van der Waals surface area (Å²) >= 11 is 0. The number of carbonyl (C=O) groups excluding carboxylic acids is 3. The summed E-state index contributed by atoms with van der Waals surface area (Å²) in [7, 11) is 1.48. The normalized spacial score (nSPS) is 14.3. The minimum atomic E-state index is -0.958. The summed E-state index contributed by atoms with van der Waals surface area (Å²) in [6.45, 7) is 6.10. The summed E-state index contributed by atoms with van der Waals surface area (Å²) in [5.74, 6) is -0.851. The van der Waals surface area contributed by atoms with E-state index in [-0.39, 0.29) is 16.9 Å². The Bertz CT molecular complexity index is 1490. The van der Waals surface area contributed by atoms with Crippen LogP contribution in [-0.4, -0.2) is 29.9 Å². The van der Waals surface area contributed by atoms with E-state index in [1.807, 2.05) is 31.2 Å². The van der Waals surface area contributed by atoms with Crippen LogP contribution in [0.3, 0.4) is 0 Å². The molecule has 0 unspecified atom stereocenters. The van der Waals surface area contributed by atoms with Gasteiger partial charge in [-0.05, 0) is 54.8 Å². The average molecular weight is 528 g/mol. The molecule has 0 aliphatic carbocycles. The van der Waals surface area contributed by atoms with Crippen molar-refractivity contribution < 1.29 is 28.8 Å². The Balaban J connectivity index is 1.68. The lowest BCUT2D eigenvalue weighted by Crippen LogP contribution is -2.54. The molecule has 10 heteroatoms.